The molecule has 118 valence electrons. The number of hydrogen-bond acceptors (Lipinski definition) is 3. The van der Waals surface area contributed by atoms with Crippen LogP contribution in [0.3, 0.4) is 0 Å². The van der Waals surface area contributed by atoms with Crippen LogP contribution >= 0.6 is 0 Å². The zero-order valence-corrected chi connectivity index (χ0v) is 13.3. The first-order valence-electron chi connectivity index (χ1n) is 7.45. The minimum atomic E-state index is 0.455. The summed E-state index contributed by atoms with van der Waals surface area (Å²) in [6.45, 7) is 9.41. The topological polar surface area (TPSA) is 68.9 Å². The highest BCUT2D eigenvalue weighted by Gasteiger charge is 2.02. The Kier molecular flexibility index (Phi) is 8.28. The van der Waals surface area contributed by atoms with Gasteiger partial charge in [-0.3, -0.25) is 4.99 Å². The van der Waals surface area contributed by atoms with Crippen LogP contribution in [0.25, 0.3) is 0 Å². The number of nitrogens with zero attached hydrogens (tertiary/aromatic N) is 1. The fourth-order valence-corrected chi connectivity index (χ4v) is 1.93. The van der Waals surface area contributed by atoms with E-state index in [0.717, 1.165) is 36.5 Å². The van der Waals surface area contributed by atoms with Gasteiger partial charge < -0.3 is 20.5 Å². The molecule has 0 fully saturated rings. The van der Waals surface area contributed by atoms with E-state index in [9.17, 15) is 0 Å². The number of rotatable bonds is 9. The Hall–Kier alpha value is -1.75. The molecule has 21 heavy (non-hydrogen) atoms. The van der Waals surface area contributed by atoms with Crippen molar-refractivity contribution in [2.45, 2.75) is 27.2 Å². The average Bonchev–Trinajstić information content (AvgIpc) is 2.46. The summed E-state index contributed by atoms with van der Waals surface area (Å²) in [7, 11) is 0. The van der Waals surface area contributed by atoms with Gasteiger partial charge in [-0.1, -0.05) is 18.2 Å². The molecular formula is C16H27N3O2. The summed E-state index contributed by atoms with van der Waals surface area (Å²) in [6, 6.07) is 6.12. The molecule has 1 rings (SSSR count). The van der Waals surface area contributed by atoms with Crippen molar-refractivity contribution in [2.75, 3.05) is 32.9 Å². The molecule has 5 heteroatoms. The molecule has 0 bridgehead atoms. The molecule has 0 amide bonds. The number of nitrogens with two attached hydrogens (primary N) is 1. The number of para-hydroxylation sites is 1. The van der Waals surface area contributed by atoms with Gasteiger partial charge in [0.25, 0.3) is 0 Å². The van der Waals surface area contributed by atoms with Crippen molar-refractivity contribution in [1.82, 2.24) is 5.32 Å². The van der Waals surface area contributed by atoms with Gasteiger partial charge >= 0.3 is 0 Å². The van der Waals surface area contributed by atoms with E-state index >= 15 is 0 Å². The second kappa shape index (κ2) is 10.0. The van der Waals surface area contributed by atoms with Crippen LogP contribution in [0.2, 0.25) is 0 Å². The number of nitrogens with one attached hydrogen (secondary N) is 1. The van der Waals surface area contributed by atoms with Gasteiger partial charge in [0.15, 0.2) is 5.96 Å². The van der Waals surface area contributed by atoms with E-state index in [1.807, 2.05) is 39.0 Å². The lowest BCUT2D eigenvalue weighted by atomic mass is 10.1. The minimum Gasteiger partial charge on any atom is -0.491 e. The lowest BCUT2D eigenvalue weighted by molar-refractivity contribution is 0.146. The molecule has 0 aromatic heterocycles. The molecule has 3 N–H and O–H groups in total. The van der Waals surface area contributed by atoms with E-state index in [4.69, 9.17) is 15.2 Å². The lowest BCUT2D eigenvalue weighted by Crippen LogP contribution is -2.35. The van der Waals surface area contributed by atoms with Gasteiger partial charge in [-0.05, 0) is 38.3 Å². The van der Waals surface area contributed by atoms with Crippen LogP contribution in [0.15, 0.2) is 23.2 Å². The highest BCUT2D eigenvalue weighted by molar-refractivity contribution is 5.77. The lowest BCUT2D eigenvalue weighted by Gasteiger charge is -2.12. The predicted molar refractivity (Wildman–Crippen MR) is 87.0 cm³/mol. The molecule has 1 aromatic rings. The molecule has 0 aliphatic carbocycles. The summed E-state index contributed by atoms with van der Waals surface area (Å²) >= 11 is 0. The summed E-state index contributed by atoms with van der Waals surface area (Å²) in [5, 5.41) is 3.04. The smallest absolute Gasteiger partial charge is 0.188 e. The van der Waals surface area contributed by atoms with Crippen molar-refractivity contribution in [1.29, 1.82) is 0 Å². The fourth-order valence-electron chi connectivity index (χ4n) is 1.93. The zero-order valence-electron chi connectivity index (χ0n) is 13.3. The van der Waals surface area contributed by atoms with Crippen molar-refractivity contribution in [2.24, 2.45) is 10.7 Å². The molecule has 5 nitrogen and oxygen atoms in total. The van der Waals surface area contributed by atoms with Crippen molar-refractivity contribution in [3.05, 3.63) is 29.3 Å². The number of benzene rings is 1. The number of guanidine groups is 1. The first-order valence-corrected chi connectivity index (χ1v) is 7.45. The second-order valence-corrected chi connectivity index (χ2v) is 4.81. The van der Waals surface area contributed by atoms with Crippen LogP contribution in [-0.2, 0) is 4.74 Å². The number of ether oxygens (including phenoxy) is 2. The Morgan fingerprint density at radius 1 is 1.24 bits per heavy atom. The van der Waals surface area contributed by atoms with Crippen molar-refractivity contribution < 1.29 is 9.47 Å². The quantitative estimate of drug-likeness (QED) is 0.415. The Morgan fingerprint density at radius 3 is 2.62 bits per heavy atom. The van der Waals surface area contributed by atoms with Gasteiger partial charge in [-0.25, -0.2) is 0 Å². The summed E-state index contributed by atoms with van der Waals surface area (Å²) in [4.78, 5) is 4.22. The van der Waals surface area contributed by atoms with Gasteiger partial charge in [0, 0.05) is 19.8 Å². The maximum absolute atomic E-state index is 5.78. The van der Waals surface area contributed by atoms with E-state index in [1.165, 1.54) is 0 Å². The Balaban J connectivity index is 2.20. The monoisotopic (exact) mass is 293 g/mol. The molecule has 0 saturated carbocycles. The van der Waals surface area contributed by atoms with Gasteiger partial charge in [0.2, 0.25) is 0 Å². The van der Waals surface area contributed by atoms with Crippen LogP contribution in [0.1, 0.15) is 24.5 Å². The third kappa shape index (κ3) is 6.99. The molecule has 0 heterocycles. The van der Waals surface area contributed by atoms with E-state index in [1.54, 1.807) is 0 Å². The van der Waals surface area contributed by atoms with E-state index in [0.29, 0.717) is 25.7 Å². The first kappa shape index (κ1) is 17.3. The molecule has 0 aliphatic rings. The predicted octanol–water partition coefficient (Wildman–Crippen LogP) is 2.01. The maximum atomic E-state index is 5.78. The number of aryl methyl sites for hydroxylation is 2. The Bertz CT molecular complexity index is 427. The SMILES string of the molecule is CCOCCCN=C(N)NCCOc1c(C)cccc1C. The van der Waals surface area contributed by atoms with Crippen molar-refractivity contribution >= 4 is 5.96 Å². The molecule has 0 aliphatic heterocycles. The Labute approximate surface area is 127 Å². The first-order chi connectivity index (χ1) is 10.1. The molecule has 0 spiro atoms. The molecule has 0 radical (unpaired) electrons. The third-order valence-corrected chi connectivity index (χ3v) is 3.00. The van der Waals surface area contributed by atoms with Crippen LogP contribution in [0.5, 0.6) is 5.75 Å². The van der Waals surface area contributed by atoms with Gasteiger partial charge in [0.1, 0.15) is 12.4 Å². The molecule has 0 unspecified atom stereocenters. The van der Waals surface area contributed by atoms with Crippen LogP contribution < -0.4 is 15.8 Å². The van der Waals surface area contributed by atoms with E-state index < -0.39 is 0 Å². The summed E-state index contributed by atoms with van der Waals surface area (Å²) in [5.74, 6) is 1.41. The van der Waals surface area contributed by atoms with Gasteiger partial charge in [0.05, 0.1) is 6.54 Å². The normalized spacial score (nSPS) is 11.5. The van der Waals surface area contributed by atoms with Crippen LogP contribution in [0, 0.1) is 13.8 Å². The van der Waals surface area contributed by atoms with Gasteiger partial charge in [-0.15, -0.1) is 0 Å². The molecule has 1 aromatic carbocycles. The van der Waals surface area contributed by atoms with Crippen molar-refractivity contribution in [3.8, 4) is 5.75 Å². The highest BCUT2D eigenvalue weighted by Crippen LogP contribution is 2.21. The maximum Gasteiger partial charge on any atom is 0.188 e. The van der Waals surface area contributed by atoms with Gasteiger partial charge in [-0.2, -0.15) is 0 Å². The zero-order chi connectivity index (χ0) is 15.5. The minimum absolute atomic E-state index is 0.455. The van der Waals surface area contributed by atoms with Crippen molar-refractivity contribution in [3.63, 3.8) is 0 Å². The molecular weight excluding hydrogens is 266 g/mol. The standard InChI is InChI=1S/C16H27N3O2/c1-4-20-11-6-9-18-16(17)19-10-12-21-15-13(2)7-5-8-14(15)3/h5,7-8H,4,6,9-12H2,1-3H3,(H3,17,18,19). The number of hydrogen-bond donors (Lipinski definition) is 2. The fraction of sp³-hybridized carbons (Fsp3) is 0.562. The summed E-state index contributed by atoms with van der Waals surface area (Å²) < 4.78 is 11.0. The van der Waals surface area contributed by atoms with E-state index in [-0.39, 0.29) is 0 Å². The average molecular weight is 293 g/mol. The largest absolute Gasteiger partial charge is 0.491 e. The summed E-state index contributed by atoms with van der Waals surface area (Å²) in [6.07, 6.45) is 0.884. The highest BCUT2D eigenvalue weighted by atomic mass is 16.5. The Morgan fingerprint density at radius 2 is 1.95 bits per heavy atom. The van der Waals surface area contributed by atoms with E-state index in [2.05, 4.69) is 10.3 Å². The molecule has 0 atom stereocenters. The number of aliphatic imine (C=N–C) groups is 1. The summed E-state index contributed by atoms with van der Waals surface area (Å²) in [5.41, 5.74) is 8.06. The molecule has 0 saturated heterocycles. The van der Waals surface area contributed by atoms with Crippen LogP contribution in [-0.4, -0.2) is 38.9 Å². The second-order valence-electron chi connectivity index (χ2n) is 4.81. The van der Waals surface area contributed by atoms with Crippen LogP contribution in [0.4, 0.5) is 0 Å². The third-order valence-electron chi connectivity index (χ3n) is 3.00.